The number of anilines is 1. The van der Waals surface area contributed by atoms with Crippen LogP contribution in [0.1, 0.15) is 50.3 Å². The van der Waals surface area contributed by atoms with Gasteiger partial charge in [-0.05, 0) is 54.1 Å². The second-order valence-corrected chi connectivity index (χ2v) is 12.7. The molecule has 3 amide bonds. The molecule has 8 rings (SSSR count). The molecule has 0 spiro atoms. The van der Waals surface area contributed by atoms with Crippen LogP contribution in [0.25, 0.3) is 11.1 Å². The number of amides is 3. The third-order valence-electron chi connectivity index (χ3n) is 9.32. The summed E-state index contributed by atoms with van der Waals surface area (Å²) >= 11 is 6.58. The predicted molar refractivity (Wildman–Crippen MR) is 136 cm³/mol. The Kier molecular flexibility index (Phi) is 4.95. The summed E-state index contributed by atoms with van der Waals surface area (Å²) in [5.41, 5.74) is 8.27. The van der Waals surface area contributed by atoms with Crippen molar-refractivity contribution in [2.45, 2.75) is 47.1 Å². The van der Waals surface area contributed by atoms with Gasteiger partial charge in [0.15, 0.2) is 0 Å². The lowest BCUT2D eigenvalue weighted by molar-refractivity contribution is -0.146. The molecule has 5 atom stereocenters. The second kappa shape index (κ2) is 7.57. The molecule has 36 heavy (non-hydrogen) atoms. The number of hydrogen-bond acceptors (Lipinski definition) is 4. The molecular formula is C27H32ClN5O3. The largest absolute Gasteiger partial charge is 0.364 e. The summed E-state index contributed by atoms with van der Waals surface area (Å²) < 4.78 is 1.99. The van der Waals surface area contributed by atoms with E-state index in [2.05, 4.69) is 31.1 Å². The van der Waals surface area contributed by atoms with Gasteiger partial charge in [0.25, 0.3) is 5.91 Å². The maximum absolute atomic E-state index is 13.6. The topological polar surface area (TPSA) is 110 Å². The molecular weight excluding hydrogens is 478 g/mol. The van der Waals surface area contributed by atoms with Crippen LogP contribution in [0.2, 0.25) is 5.02 Å². The Labute approximate surface area is 215 Å². The van der Waals surface area contributed by atoms with Crippen molar-refractivity contribution >= 4 is 35.1 Å². The van der Waals surface area contributed by atoms with E-state index in [0.29, 0.717) is 46.8 Å². The molecule has 3 unspecified atom stereocenters. The summed E-state index contributed by atoms with van der Waals surface area (Å²) in [6, 6.07) is 3.60. The highest BCUT2D eigenvalue weighted by molar-refractivity contribution is 6.33. The van der Waals surface area contributed by atoms with Crippen molar-refractivity contribution in [2.24, 2.45) is 40.2 Å². The van der Waals surface area contributed by atoms with Crippen LogP contribution in [0.3, 0.4) is 0 Å². The summed E-state index contributed by atoms with van der Waals surface area (Å²) in [4.78, 5) is 43.9. The van der Waals surface area contributed by atoms with Crippen LogP contribution in [0.15, 0.2) is 18.3 Å². The van der Waals surface area contributed by atoms with Crippen LogP contribution >= 0.6 is 11.6 Å². The first kappa shape index (κ1) is 23.5. The predicted octanol–water partition coefficient (Wildman–Crippen LogP) is 3.57. The van der Waals surface area contributed by atoms with E-state index in [1.54, 1.807) is 25.3 Å². The monoisotopic (exact) mass is 509 g/mol. The molecule has 2 saturated heterocycles. The van der Waals surface area contributed by atoms with E-state index in [1.807, 2.05) is 9.47 Å². The van der Waals surface area contributed by atoms with E-state index in [0.717, 1.165) is 42.8 Å². The highest BCUT2D eigenvalue weighted by atomic mass is 35.5. The zero-order valence-corrected chi connectivity index (χ0v) is 21.9. The highest BCUT2D eigenvalue weighted by Crippen LogP contribution is 2.69. The Morgan fingerprint density at radius 1 is 1.11 bits per heavy atom. The van der Waals surface area contributed by atoms with Crippen molar-refractivity contribution in [3.8, 4) is 11.1 Å². The SMILES string of the molecule is CC(=O)N1C[C@@H]2C3CC(C)(C(=O)Nc4cc(-c5cc(C(N)=O)n6c5CC(C)(C)C6)c(Cl)cn4)C2[C@H]3C1. The second-order valence-electron chi connectivity index (χ2n) is 12.2. The lowest BCUT2D eigenvalue weighted by Crippen LogP contribution is -2.60. The molecule has 3 aliphatic carbocycles. The van der Waals surface area contributed by atoms with E-state index < -0.39 is 11.3 Å². The van der Waals surface area contributed by atoms with Crippen molar-refractivity contribution in [1.29, 1.82) is 0 Å². The van der Waals surface area contributed by atoms with Gasteiger partial charge in [-0.1, -0.05) is 32.4 Å². The molecule has 6 aliphatic rings. The number of nitrogens with one attached hydrogen (secondary N) is 1. The fourth-order valence-corrected chi connectivity index (χ4v) is 7.99. The first-order valence-electron chi connectivity index (χ1n) is 12.6. The van der Waals surface area contributed by atoms with Crippen LogP contribution in [0, 0.1) is 34.5 Å². The van der Waals surface area contributed by atoms with Crippen LogP contribution in [-0.2, 0) is 22.6 Å². The fourth-order valence-electron chi connectivity index (χ4n) is 7.79. The number of piperidine rings is 2. The Balaban J connectivity index is 1.27. The van der Waals surface area contributed by atoms with Gasteiger partial charge in [0.05, 0.1) is 10.4 Å². The van der Waals surface area contributed by atoms with Crippen molar-refractivity contribution in [3.63, 3.8) is 0 Å². The number of aromatic nitrogens is 2. The molecule has 190 valence electrons. The van der Waals surface area contributed by atoms with E-state index in [4.69, 9.17) is 17.3 Å². The molecule has 2 aromatic heterocycles. The third kappa shape index (κ3) is 3.26. The van der Waals surface area contributed by atoms with E-state index in [-0.39, 0.29) is 17.2 Å². The Hall–Kier alpha value is -2.87. The summed E-state index contributed by atoms with van der Waals surface area (Å²) in [5.74, 6) is 1.66. The van der Waals surface area contributed by atoms with Crippen molar-refractivity contribution < 1.29 is 14.4 Å². The number of carbonyl (C=O) groups is 3. The standard InChI is InChI=1S/C27H32ClN5O3/c1-13(34)32-10-17-16-7-27(4,23(17)18(16)11-32)25(36)31-22-6-14(19(28)9-30-22)15-5-20(24(29)35)33-12-26(2,3)8-21(15)33/h5-6,9,16-18,23H,7-8,10-12H2,1-4H3,(H2,29,35)(H,30,31,36)/t16?,17-,18+,23?,27?. The van der Waals surface area contributed by atoms with Crippen LogP contribution in [0.5, 0.6) is 0 Å². The number of carbonyl (C=O) groups excluding carboxylic acids is 3. The van der Waals surface area contributed by atoms with Gasteiger partial charge in [0.2, 0.25) is 11.8 Å². The molecule has 0 radical (unpaired) electrons. The van der Waals surface area contributed by atoms with Gasteiger partial charge >= 0.3 is 0 Å². The molecule has 9 heteroatoms. The first-order valence-corrected chi connectivity index (χ1v) is 13.0. The lowest BCUT2D eigenvalue weighted by atomic mass is 9.57. The molecule has 3 saturated carbocycles. The van der Waals surface area contributed by atoms with Gasteiger partial charge in [-0.2, -0.15) is 0 Å². The minimum Gasteiger partial charge on any atom is -0.364 e. The number of rotatable bonds is 4. The summed E-state index contributed by atoms with van der Waals surface area (Å²) in [7, 11) is 0. The van der Waals surface area contributed by atoms with E-state index >= 15 is 0 Å². The number of nitrogens with zero attached hydrogens (tertiary/aromatic N) is 3. The van der Waals surface area contributed by atoms with Crippen molar-refractivity contribution in [1.82, 2.24) is 14.5 Å². The minimum absolute atomic E-state index is 0.000000261. The number of pyridine rings is 1. The minimum atomic E-state index is -0.481. The van der Waals surface area contributed by atoms with Gasteiger partial charge < -0.3 is 20.5 Å². The smallest absolute Gasteiger partial charge is 0.265 e. The summed E-state index contributed by atoms with van der Waals surface area (Å²) in [5, 5.41) is 3.52. The highest BCUT2D eigenvalue weighted by Gasteiger charge is 2.70. The molecule has 5 heterocycles. The van der Waals surface area contributed by atoms with Crippen LogP contribution < -0.4 is 11.1 Å². The van der Waals surface area contributed by atoms with Crippen LogP contribution in [0.4, 0.5) is 5.82 Å². The molecule has 3 aliphatic heterocycles. The van der Waals surface area contributed by atoms with Gasteiger partial charge in [0, 0.05) is 49.6 Å². The maximum Gasteiger partial charge on any atom is 0.265 e. The van der Waals surface area contributed by atoms with Gasteiger partial charge in [0.1, 0.15) is 11.5 Å². The van der Waals surface area contributed by atoms with E-state index in [1.165, 1.54) is 0 Å². The zero-order chi connectivity index (χ0) is 25.7. The van der Waals surface area contributed by atoms with Gasteiger partial charge in [-0.3, -0.25) is 14.4 Å². The Morgan fingerprint density at radius 3 is 2.44 bits per heavy atom. The molecule has 5 fully saturated rings. The first-order chi connectivity index (χ1) is 16.9. The molecule has 0 aromatic carbocycles. The summed E-state index contributed by atoms with van der Waals surface area (Å²) in [6.07, 6.45) is 3.18. The molecule has 3 N–H and O–H groups in total. The maximum atomic E-state index is 13.6. The summed E-state index contributed by atoms with van der Waals surface area (Å²) in [6.45, 7) is 10.2. The number of fused-ring (bicyclic) bond motifs is 4. The van der Waals surface area contributed by atoms with Gasteiger partial charge in [-0.15, -0.1) is 0 Å². The number of primary amides is 1. The number of halogens is 1. The van der Waals surface area contributed by atoms with Crippen molar-refractivity contribution in [2.75, 3.05) is 18.4 Å². The average Bonchev–Trinajstić information content (AvgIpc) is 3.50. The molecule has 4 bridgehead atoms. The Bertz CT molecular complexity index is 1320. The Morgan fingerprint density at radius 2 is 1.81 bits per heavy atom. The average molecular weight is 510 g/mol. The zero-order valence-electron chi connectivity index (χ0n) is 21.1. The van der Waals surface area contributed by atoms with E-state index in [9.17, 15) is 14.4 Å². The van der Waals surface area contributed by atoms with Gasteiger partial charge in [-0.25, -0.2) is 4.98 Å². The quantitative estimate of drug-likeness (QED) is 0.656. The third-order valence-corrected chi connectivity index (χ3v) is 9.63. The van der Waals surface area contributed by atoms with Crippen molar-refractivity contribution in [3.05, 3.63) is 34.7 Å². The lowest BCUT2D eigenvalue weighted by Gasteiger charge is -2.55. The number of hydrogen-bond donors (Lipinski definition) is 2. The number of nitrogens with two attached hydrogens (primary N) is 1. The fraction of sp³-hybridized carbons (Fsp3) is 0.556. The normalized spacial score (nSPS) is 31.1. The molecule has 8 nitrogen and oxygen atoms in total. The molecule has 2 aromatic rings. The van der Waals surface area contributed by atoms with Crippen LogP contribution in [-0.4, -0.2) is 45.3 Å².